The third-order valence-electron chi connectivity index (χ3n) is 9.64. The quantitative estimate of drug-likeness (QED) is 0.236. The van der Waals surface area contributed by atoms with E-state index in [1.54, 1.807) is 0 Å². The zero-order valence-corrected chi connectivity index (χ0v) is 24.0. The maximum atomic E-state index is 15.6. The van der Waals surface area contributed by atoms with Gasteiger partial charge in [0.2, 0.25) is 0 Å². The van der Waals surface area contributed by atoms with Gasteiger partial charge >= 0.3 is 0 Å². The zero-order chi connectivity index (χ0) is 26.4. The molecule has 3 fully saturated rings. The molecule has 7 rings (SSSR count). The van der Waals surface area contributed by atoms with E-state index in [-0.39, 0.29) is 17.0 Å². The second kappa shape index (κ2) is 9.82. The van der Waals surface area contributed by atoms with Crippen LogP contribution in [-0.2, 0) is 9.13 Å². The molecular weight excluding hydrogens is 502 g/mol. The monoisotopic (exact) mass is 538 g/mol. The van der Waals surface area contributed by atoms with Crippen molar-refractivity contribution in [2.24, 2.45) is 23.2 Å². The first-order chi connectivity index (χ1) is 18.3. The highest BCUT2D eigenvalue weighted by molar-refractivity contribution is 7.80. The summed E-state index contributed by atoms with van der Waals surface area (Å²) in [6, 6.07) is 40.2. The van der Waals surface area contributed by atoms with Gasteiger partial charge in [-0.2, -0.15) is 0 Å². The maximum Gasteiger partial charge on any atom is 0.146 e. The molecule has 2 nitrogen and oxygen atoms in total. The molecule has 4 aromatic carbocycles. The van der Waals surface area contributed by atoms with Gasteiger partial charge in [-0.1, -0.05) is 135 Å². The first kappa shape index (κ1) is 25.6. The van der Waals surface area contributed by atoms with Gasteiger partial charge < -0.3 is 9.13 Å². The van der Waals surface area contributed by atoms with Gasteiger partial charge in [-0.05, 0) is 36.0 Å². The molecule has 2 bridgehead atoms. The molecule has 0 saturated heterocycles. The Morgan fingerprint density at radius 3 is 1.39 bits per heavy atom. The first-order valence-corrected chi connectivity index (χ1v) is 17.4. The molecule has 194 valence electrons. The molecule has 0 aliphatic heterocycles. The van der Waals surface area contributed by atoms with Gasteiger partial charge in [0, 0.05) is 33.0 Å². The summed E-state index contributed by atoms with van der Waals surface area (Å²) in [5.74, 6) is 1.03. The molecule has 0 radical (unpaired) electrons. The van der Waals surface area contributed by atoms with Crippen molar-refractivity contribution in [2.45, 2.75) is 32.3 Å². The lowest BCUT2D eigenvalue weighted by molar-refractivity contribution is -0.0953. The third kappa shape index (κ3) is 4.09. The van der Waals surface area contributed by atoms with Crippen LogP contribution < -0.4 is 21.2 Å². The number of hydrogen-bond acceptors (Lipinski definition) is 2. The molecule has 4 heteroatoms. The molecule has 38 heavy (non-hydrogen) atoms. The highest BCUT2D eigenvalue weighted by atomic mass is 31.2. The summed E-state index contributed by atoms with van der Waals surface area (Å²) in [5.41, 5.74) is 0.127. The molecule has 3 aliphatic rings. The van der Waals surface area contributed by atoms with E-state index < -0.39 is 14.3 Å². The van der Waals surface area contributed by atoms with E-state index in [0.717, 1.165) is 34.1 Å². The minimum absolute atomic E-state index is 0.0372. The molecule has 0 heterocycles. The number of benzene rings is 4. The fraction of sp³-hybridized carbons (Fsp3) is 0.294. The van der Waals surface area contributed by atoms with Gasteiger partial charge in [0.05, 0.1) is 0 Å². The van der Waals surface area contributed by atoms with Crippen molar-refractivity contribution in [3.63, 3.8) is 0 Å². The van der Waals surface area contributed by atoms with Gasteiger partial charge in [-0.3, -0.25) is 0 Å². The minimum atomic E-state index is -3.01. The second-order valence-corrected chi connectivity index (χ2v) is 17.6. The molecule has 4 aromatic rings. The van der Waals surface area contributed by atoms with Crippen LogP contribution in [0.25, 0.3) is 0 Å². The van der Waals surface area contributed by atoms with Gasteiger partial charge in [0.1, 0.15) is 14.3 Å². The Kier molecular flexibility index (Phi) is 6.62. The summed E-state index contributed by atoms with van der Waals surface area (Å²) >= 11 is 0. The van der Waals surface area contributed by atoms with Crippen molar-refractivity contribution >= 4 is 35.5 Å². The molecular formula is C34H36O2P2. The Labute approximate surface area is 227 Å². The Morgan fingerprint density at radius 2 is 1.00 bits per heavy atom. The molecule has 4 atom stereocenters. The van der Waals surface area contributed by atoms with E-state index in [4.69, 9.17) is 0 Å². The first-order valence-electron chi connectivity index (χ1n) is 13.8. The van der Waals surface area contributed by atoms with Crippen molar-refractivity contribution in [3.05, 3.63) is 121 Å². The lowest BCUT2D eigenvalue weighted by Crippen LogP contribution is -2.59. The predicted octanol–water partition coefficient (Wildman–Crippen LogP) is 7.07. The van der Waals surface area contributed by atoms with Crippen LogP contribution in [0, 0.1) is 23.2 Å². The van der Waals surface area contributed by atoms with E-state index in [2.05, 4.69) is 13.8 Å². The average molecular weight is 539 g/mol. The third-order valence-corrected chi connectivity index (χ3v) is 16.5. The standard InChI is InChI=1S/C34H36O2P2/c1-34(2)26-23-32(34)31(25-37(35,27-15-7-3-8-16-27)28-17-9-4-10-18-28)33(24-26)38(36,29-19-11-5-12-20-29)30-21-13-6-14-22-30/h3-22,26,31-33H,23-25H2,1-2H3/t26?,31-,32?,33+/m0/s1. The Morgan fingerprint density at radius 1 is 0.605 bits per heavy atom. The van der Waals surface area contributed by atoms with E-state index in [0.29, 0.717) is 18.0 Å². The molecule has 0 spiro atoms. The second-order valence-electron chi connectivity index (χ2n) is 11.7. The molecule has 3 saturated carbocycles. The Hall–Kier alpha value is -2.66. The van der Waals surface area contributed by atoms with Gasteiger partial charge in [-0.15, -0.1) is 0 Å². The molecule has 0 aromatic heterocycles. The fourth-order valence-electron chi connectivity index (χ4n) is 7.41. The van der Waals surface area contributed by atoms with Crippen molar-refractivity contribution in [2.75, 3.05) is 6.16 Å². The van der Waals surface area contributed by atoms with Gasteiger partial charge in [0.25, 0.3) is 0 Å². The summed E-state index contributed by atoms with van der Waals surface area (Å²) in [7, 11) is -5.98. The summed E-state index contributed by atoms with van der Waals surface area (Å²) in [5, 5.41) is 3.65. The summed E-state index contributed by atoms with van der Waals surface area (Å²) < 4.78 is 30.9. The van der Waals surface area contributed by atoms with Crippen LogP contribution in [-0.4, -0.2) is 11.8 Å². The molecule has 2 unspecified atom stereocenters. The molecule has 0 amide bonds. The fourth-order valence-corrected chi connectivity index (χ4v) is 14.4. The van der Waals surface area contributed by atoms with E-state index in [9.17, 15) is 0 Å². The van der Waals surface area contributed by atoms with Crippen LogP contribution in [0.5, 0.6) is 0 Å². The normalized spacial score (nSPS) is 24.4. The topological polar surface area (TPSA) is 34.1 Å². The summed E-state index contributed by atoms with van der Waals surface area (Å²) in [4.78, 5) is 0. The van der Waals surface area contributed by atoms with Gasteiger partial charge in [-0.25, -0.2) is 0 Å². The van der Waals surface area contributed by atoms with Crippen LogP contribution >= 0.6 is 14.3 Å². The van der Waals surface area contributed by atoms with E-state index in [1.165, 1.54) is 0 Å². The highest BCUT2D eigenvalue weighted by Crippen LogP contribution is 2.70. The summed E-state index contributed by atoms with van der Waals surface area (Å²) in [6.07, 6.45) is 2.61. The molecule has 3 aliphatic carbocycles. The summed E-state index contributed by atoms with van der Waals surface area (Å²) in [6.45, 7) is 4.75. The van der Waals surface area contributed by atoms with Crippen molar-refractivity contribution in [3.8, 4) is 0 Å². The van der Waals surface area contributed by atoms with Crippen LogP contribution in [0.4, 0.5) is 0 Å². The lowest BCUT2D eigenvalue weighted by Gasteiger charge is -2.64. The SMILES string of the molecule is CC1(C)C2CC1[C@H](CP(=O)(c1ccccc1)c1ccccc1)[C@H](P(=O)(c1ccccc1)c1ccccc1)C2. The van der Waals surface area contributed by atoms with Crippen molar-refractivity contribution in [1.29, 1.82) is 0 Å². The van der Waals surface area contributed by atoms with Gasteiger partial charge in [0.15, 0.2) is 0 Å². The molecule has 0 N–H and O–H groups in total. The Balaban J connectivity index is 1.52. The number of fused-ring (bicyclic) bond motifs is 2. The van der Waals surface area contributed by atoms with Crippen molar-refractivity contribution in [1.82, 2.24) is 0 Å². The smallest absolute Gasteiger partial charge is 0.146 e. The van der Waals surface area contributed by atoms with Crippen molar-refractivity contribution < 1.29 is 9.13 Å². The van der Waals surface area contributed by atoms with Crippen LogP contribution in [0.3, 0.4) is 0 Å². The largest absolute Gasteiger partial charge is 0.314 e. The van der Waals surface area contributed by atoms with E-state index in [1.807, 2.05) is 121 Å². The zero-order valence-electron chi connectivity index (χ0n) is 22.2. The van der Waals surface area contributed by atoms with E-state index >= 15 is 9.13 Å². The maximum absolute atomic E-state index is 15.6. The number of hydrogen-bond donors (Lipinski definition) is 0. The van der Waals surface area contributed by atoms with Crippen LogP contribution in [0.2, 0.25) is 0 Å². The Bertz CT molecular complexity index is 1400. The van der Waals surface area contributed by atoms with Crippen LogP contribution in [0.1, 0.15) is 26.7 Å². The predicted molar refractivity (Wildman–Crippen MR) is 162 cm³/mol. The number of rotatable bonds is 7. The van der Waals surface area contributed by atoms with Crippen LogP contribution in [0.15, 0.2) is 121 Å². The average Bonchev–Trinajstić information content (AvgIpc) is 2.98. The highest BCUT2D eigenvalue weighted by Gasteiger charge is 2.62. The minimum Gasteiger partial charge on any atom is -0.314 e. The lowest BCUT2D eigenvalue weighted by atomic mass is 9.46.